The fourth-order valence-electron chi connectivity index (χ4n) is 5.22. The Morgan fingerprint density at radius 1 is 1.12 bits per heavy atom. The maximum atomic E-state index is 12.9. The Morgan fingerprint density at radius 2 is 1.85 bits per heavy atom. The van der Waals surface area contributed by atoms with E-state index >= 15 is 0 Å². The second-order valence-corrected chi connectivity index (χ2v) is 12.0. The van der Waals surface area contributed by atoms with Crippen molar-refractivity contribution in [2.24, 2.45) is 17.3 Å². The third-order valence-electron chi connectivity index (χ3n) is 6.91. The summed E-state index contributed by atoms with van der Waals surface area (Å²) in [6, 6.07) is 17.9. The van der Waals surface area contributed by atoms with Gasteiger partial charge in [0.1, 0.15) is 0 Å². The molecule has 0 amide bonds. The molecule has 4 atom stereocenters. The second-order valence-electron chi connectivity index (χ2n) is 9.84. The first-order valence-electron chi connectivity index (χ1n) is 11.9. The Labute approximate surface area is 209 Å². The normalized spacial score (nSPS) is 26.7. The summed E-state index contributed by atoms with van der Waals surface area (Å²) < 4.78 is 19.0. The van der Waals surface area contributed by atoms with Crippen molar-refractivity contribution in [2.75, 3.05) is 7.11 Å². The molecule has 0 heterocycles. The number of fused-ring (bicyclic) bond motifs is 1. The molecule has 4 nitrogen and oxygen atoms in total. The van der Waals surface area contributed by atoms with Gasteiger partial charge in [-0.15, -0.1) is 0 Å². The van der Waals surface area contributed by atoms with Crippen LogP contribution >= 0.6 is 0 Å². The number of benzene rings is 2. The van der Waals surface area contributed by atoms with Crippen LogP contribution in [0.25, 0.3) is 0 Å². The van der Waals surface area contributed by atoms with Gasteiger partial charge in [-0.3, -0.25) is 0 Å². The Balaban J connectivity index is 1.50. The van der Waals surface area contributed by atoms with Gasteiger partial charge in [0.25, 0.3) is 0 Å². The van der Waals surface area contributed by atoms with Crippen molar-refractivity contribution in [3.05, 3.63) is 84.5 Å². The van der Waals surface area contributed by atoms with Crippen LogP contribution in [0.15, 0.2) is 78.9 Å². The van der Waals surface area contributed by atoms with E-state index in [2.05, 4.69) is 32.6 Å². The Morgan fingerprint density at radius 3 is 2.56 bits per heavy atom. The fraction of sp³-hybridized carbons (Fsp3) is 0.414. The van der Waals surface area contributed by atoms with Gasteiger partial charge in [-0.2, -0.15) is 0 Å². The molecule has 0 aromatic heterocycles. The van der Waals surface area contributed by atoms with E-state index in [-0.39, 0.29) is 49.3 Å². The van der Waals surface area contributed by atoms with Crippen LogP contribution in [-0.4, -0.2) is 39.1 Å². The van der Waals surface area contributed by atoms with Crippen LogP contribution < -0.4 is 9.20 Å². The van der Waals surface area contributed by atoms with Gasteiger partial charge in [0.15, 0.2) is 0 Å². The van der Waals surface area contributed by atoms with Crippen molar-refractivity contribution in [3.8, 4) is 5.75 Å². The molecule has 2 aromatic carbocycles. The summed E-state index contributed by atoms with van der Waals surface area (Å²) >= 11 is -0.353. The zero-order chi connectivity index (χ0) is 24.1. The summed E-state index contributed by atoms with van der Waals surface area (Å²) in [7, 11) is 1.67. The van der Waals surface area contributed by atoms with Gasteiger partial charge >= 0.3 is 198 Å². The zero-order valence-electron chi connectivity index (χ0n) is 20.2. The minimum atomic E-state index is -0.353. The van der Waals surface area contributed by atoms with Crippen LogP contribution in [0.3, 0.4) is 0 Å². The van der Waals surface area contributed by atoms with Crippen LogP contribution in [0, 0.1) is 17.3 Å². The summed E-state index contributed by atoms with van der Waals surface area (Å²) in [6.07, 6.45) is 7.01. The van der Waals surface area contributed by atoms with Crippen molar-refractivity contribution in [1.82, 2.24) is 0 Å². The number of hydrogen-bond donors (Lipinski definition) is 0. The van der Waals surface area contributed by atoms with E-state index in [1.54, 1.807) is 7.11 Å². The molecular weight excluding hydrogens is 491 g/mol. The number of ether oxygens (including phenoxy) is 3. The molecule has 34 heavy (non-hydrogen) atoms. The molecule has 0 unspecified atom stereocenters. The molecule has 2 aliphatic carbocycles. The number of allylic oxidation sites excluding steroid dienone is 1. The summed E-state index contributed by atoms with van der Waals surface area (Å²) in [4.78, 5) is 12.8. The SMILES string of the molecule is C=C1CC/C=C\[C@H]2[C@H](CC(C)(C)[C@H]2OC(=O)[Se]c2ccccc2)[C@H]1OCc1ccc(OC)cc1. The van der Waals surface area contributed by atoms with E-state index in [9.17, 15) is 4.79 Å². The molecule has 0 aliphatic heterocycles. The third-order valence-corrected chi connectivity index (χ3v) is 8.53. The first kappa shape index (κ1) is 24.8. The number of methoxy groups -OCH3 is 1. The molecular formula is C29H34O4Se. The standard InChI is InChI=1S/C29H34O4Se/c1-20-10-8-9-13-24-25(26(20)32-19-21-14-16-22(31-4)17-15-21)18-29(2,3)27(24)33-28(30)34-23-11-6-5-7-12-23/h5-7,9,11-17,24-27H,1,8,10,18-19H2,2-4H3/b13-9-/t24-,25-,26-,27-/m0/s1. The van der Waals surface area contributed by atoms with Gasteiger partial charge in [0.05, 0.1) is 7.11 Å². The van der Waals surface area contributed by atoms with Gasteiger partial charge in [0.2, 0.25) is 0 Å². The molecule has 180 valence electrons. The molecule has 2 aromatic rings. The summed E-state index contributed by atoms with van der Waals surface area (Å²) in [6.45, 7) is 9.34. The number of rotatable bonds is 7. The van der Waals surface area contributed by atoms with Crippen LogP contribution in [0.1, 0.15) is 38.7 Å². The van der Waals surface area contributed by atoms with E-state index in [4.69, 9.17) is 14.2 Å². The average molecular weight is 526 g/mol. The van der Waals surface area contributed by atoms with Gasteiger partial charge in [-0.25, -0.2) is 0 Å². The number of hydrogen-bond acceptors (Lipinski definition) is 4. The van der Waals surface area contributed by atoms with Crippen molar-refractivity contribution in [2.45, 2.75) is 51.9 Å². The second kappa shape index (κ2) is 10.9. The van der Waals surface area contributed by atoms with E-state index in [0.29, 0.717) is 6.61 Å². The molecule has 0 radical (unpaired) electrons. The van der Waals surface area contributed by atoms with Gasteiger partial charge in [-0.1, -0.05) is 0 Å². The molecule has 1 saturated carbocycles. The van der Waals surface area contributed by atoms with Crippen molar-refractivity contribution in [3.63, 3.8) is 0 Å². The molecule has 5 heteroatoms. The first-order chi connectivity index (χ1) is 16.4. The maximum absolute atomic E-state index is 12.9. The van der Waals surface area contributed by atoms with E-state index in [0.717, 1.165) is 40.6 Å². The third kappa shape index (κ3) is 5.83. The monoisotopic (exact) mass is 526 g/mol. The molecule has 1 fully saturated rings. The van der Waals surface area contributed by atoms with Crippen molar-refractivity contribution < 1.29 is 19.0 Å². The van der Waals surface area contributed by atoms with Crippen LogP contribution in [-0.2, 0) is 16.1 Å². The molecule has 0 saturated heterocycles. The van der Waals surface area contributed by atoms with Crippen molar-refractivity contribution in [1.29, 1.82) is 0 Å². The Bertz CT molecular complexity index is 1010. The Kier molecular flexibility index (Phi) is 7.98. The van der Waals surface area contributed by atoms with Crippen LogP contribution in [0.5, 0.6) is 5.75 Å². The molecule has 0 spiro atoms. The minimum absolute atomic E-state index is 0.0698. The van der Waals surface area contributed by atoms with Crippen LogP contribution in [0.2, 0.25) is 0 Å². The topological polar surface area (TPSA) is 44.8 Å². The average Bonchev–Trinajstić information content (AvgIpc) is 3.06. The molecule has 2 aliphatic rings. The van der Waals surface area contributed by atoms with Gasteiger partial charge in [-0.05, 0) is 0 Å². The predicted octanol–water partition coefficient (Wildman–Crippen LogP) is 5.68. The van der Waals surface area contributed by atoms with Gasteiger partial charge in [0, 0.05) is 0 Å². The quantitative estimate of drug-likeness (QED) is 0.345. The molecule has 4 rings (SSSR count). The Hall–Kier alpha value is -2.33. The van der Waals surface area contributed by atoms with Crippen LogP contribution in [0.4, 0.5) is 4.79 Å². The van der Waals surface area contributed by atoms with E-state index in [1.807, 2.05) is 54.6 Å². The summed E-state index contributed by atoms with van der Waals surface area (Å²) in [5.41, 5.74) is 2.09. The zero-order valence-corrected chi connectivity index (χ0v) is 22.0. The van der Waals surface area contributed by atoms with E-state index in [1.165, 1.54) is 0 Å². The molecule has 0 N–H and O–H groups in total. The van der Waals surface area contributed by atoms with Crippen molar-refractivity contribution >= 4 is 24.3 Å². The van der Waals surface area contributed by atoms with Gasteiger partial charge < -0.3 is 4.74 Å². The number of carbonyl (C=O) groups is 1. The predicted molar refractivity (Wildman–Crippen MR) is 137 cm³/mol. The first-order valence-corrected chi connectivity index (χ1v) is 13.6. The molecule has 0 bridgehead atoms. The fourth-order valence-corrected chi connectivity index (χ4v) is 6.56. The number of carbonyl (C=O) groups excluding carboxylic acids is 1. The summed E-state index contributed by atoms with van der Waals surface area (Å²) in [5, 5.41) is 0. The van der Waals surface area contributed by atoms with E-state index < -0.39 is 0 Å². The summed E-state index contributed by atoms with van der Waals surface area (Å²) in [5.74, 6) is 1.17.